The minimum atomic E-state index is -4.16. The molecule has 0 aliphatic carbocycles. The van der Waals surface area contributed by atoms with Crippen LogP contribution in [-0.4, -0.2) is 13.0 Å². The maximum atomic E-state index is 10.8. The highest BCUT2D eigenvalue weighted by molar-refractivity contribution is 7.85. The van der Waals surface area contributed by atoms with Crippen molar-refractivity contribution in [2.75, 3.05) is 0 Å². The van der Waals surface area contributed by atoms with Gasteiger partial charge in [-0.3, -0.25) is 4.55 Å². The van der Waals surface area contributed by atoms with Crippen molar-refractivity contribution < 1.29 is 13.0 Å². The third-order valence-corrected chi connectivity index (χ3v) is 2.64. The summed E-state index contributed by atoms with van der Waals surface area (Å²) in [5.41, 5.74) is 0. The van der Waals surface area contributed by atoms with E-state index in [0.717, 1.165) is 5.39 Å². The van der Waals surface area contributed by atoms with Crippen LogP contribution in [0.5, 0.6) is 0 Å². The number of hydrogen-bond donors (Lipinski definition) is 1. The molecule has 1 N–H and O–H groups in total. The Bertz CT molecular complexity index is 573. The monoisotopic (exact) mass is 206 g/mol. The molecule has 0 aliphatic rings. The molecule has 0 aromatic heterocycles. The normalized spacial score (nSPS) is 11.8. The Balaban J connectivity index is 2.75. The molecule has 0 saturated heterocycles. The fourth-order valence-electron chi connectivity index (χ4n) is 1.19. The number of rotatable bonds is 1. The molecule has 4 heteroatoms. The number of benzene rings is 2. The van der Waals surface area contributed by atoms with E-state index in [2.05, 4.69) is 12.1 Å². The predicted molar refractivity (Wildman–Crippen MR) is 51.4 cm³/mol. The molecule has 3 nitrogen and oxygen atoms in total. The van der Waals surface area contributed by atoms with E-state index in [4.69, 9.17) is 4.55 Å². The highest BCUT2D eigenvalue weighted by Crippen LogP contribution is 2.17. The summed E-state index contributed by atoms with van der Waals surface area (Å²) in [6.45, 7) is 0. The smallest absolute Gasteiger partial charge is 0.282 e. The zero-order valence-electron chi connectivity index (χ0n) is 7.06. The van der Waals surface area contributed by atoms with Crippen LogP contribution in [0.3, 0.4) is 0 Å². The fourth-order valence-corrected chi connectivity index (χ4v) is 1.66. The van der Waals surface area contributed by atoms with Crippen molar-refractivity contribution in [3.8, 4) is 0 Å². The molecule has 2 rings (SSSR count). The Labute approximate surface area is 81.7 Å². The van der Waals surface area contributed by atoms with Gasteiger partial charge in [0.05, 0.1) is 0 Å². The summed E-state index contributed by atoms with van der Waals surface area (Å²) >= 11 is 0. The van der Waals surface area contributed by atoms with Gasteiger partial charge in [0.25, 0.3) is 10.1 Å². The Morgan fingerprint density at radius 1 is 1.21 bits per heavy atom. The fraction of sp³-hybridized carbons (Fsp3) is 0. The van der Waals surface area contributed by atoms with Crippen molar-refractivity contribution in [2.45, 2.75) is 4.90 Å². The molecule has 0 aliphatic heterocycles. The van der Waals surface area contributed by atoms with Gasteiger partial charge in [0.2, 0.25) is 0 Å². The van der Waals surface area contributed by atoms with E-state index in [1.54, 1.807) is 24.3 Å². The van der Waals surface area contributed by atoms with Crippen molar-refractivity contribution in [2.24, 2.45) is 0 Å². The molecular formula is C10H6O3S. The van der Waals surface area contributed by atoms with Crippen LogP contribution in [0.25, 0.3) is 10.8 Å². The third-order valence-electron chi connectivity index (χ3n) is 1.85. The molecule has 0 spiro atoms. The molecule has 0 heterocycles. The standard InChI is InChI=1S/C10H6O3S/c11-14(12,13)10-6-5-8-3-1-2-4-9(8)7-10/h2-6H,(H,11,12,13). The molecule has 0 fully saturated rings. The van der Waals surface area contributed by atoms with Gasteiger partial charge in [0, 0.05) is 6.07 Å². The van der Waals surface area contributed by atoms with Gasteiger partial charge in [-0.1, -0.05) is 18.2 Å². The highest BCUT2D eigenvalue weighted by atomic mass is 32.2. The summed E-state index contributed by atoms with van der Waals surface area (Å²) in [7, 11) is -4.16. The quantitative estimate of drug-likeness (QED) is 0.722. The van der Waals surface area contributed by atoms with E-state index in [0.29, 0.717) is 5.39 Å². The lowest BCUT2D eigenvalue weighted by Crippen LogP contribution is -1.97. The van der Waals surface area contributed by atoms with Gasteiger partial charge in [0.1, 0.15) is 4.90 Å². The van der Waals surface area contributed by atoms with Gasteiger partial charge < -0.3 is 0 Å². The SMILES string of the molecule is O=S(=O)(O)c1[c]c2cc[c]cc2cc1. The molecule has 2 aromatic rings. The molecule has 0 bridgehead atoms. The maximum absolute atomic E-state index is 10.8. The van der Waals surface area contributed by atoms with Gasteiger partial charge in [-0.2, -0.15) is 8.42 Å². The molecule has 2 aromatic carbocycles. The van der Waals surface area contributed by atoms with Crippen molar-refractivity contribution in [1.29, 1.82) is 0 Å². The lowest BCUT2D eigenvalue weighted by Gasteiger charge is -1.98. The van der Waals surface area contributed by atoms with Crippen molar-refractivity contribution in [3.05, 3.63) is 42.5 Å². The molecule has 0 atom stereocenters. The molecule has 0 saturated carbocycles. The van der Waals surface area contributed by atoms with E-state index in [1.807, 2.05) is 0 Å². The first kappa shape index (κ1) is 9.18. The van der Waals surface area contributed by atoms with E-state index in [9.17, 15) is 8.42 Å². The summed E-state index contributed by atoms with van der Waals surface area (Å²) in [5, 5.41) is 1.47. The molecule has 70 valence electrons. The largest absolute Gasteiger partial charge is 0.295 e. The minimum absolute atomic E-state index is 0.212. The van der Waals surface area contributed by atoms with Crippen LogP contribution >= 0.6 is 0 Å². The summed E-state index contributed by atoms with van der Waals surface area (Å²) in [6, 6.07) is 13.4. The van der Waals surface area contributed by atoms with Gasteiger partial charge in [-0.05, 0) is 29.0 Å². The van der Waals surface area contributed by atoms with Crippen LogP contribution in [0.1, 0.15) is 0 Å². The van der Waals surface area contributed by atoms with Crippen molar-refractivity contribution in [1.82, 2.24) is 0 Å². The Morgan fingerprint density at radius 3 is 2.71 bits per heavy atom. The minimum Gasteiger partial charge on any atom is -0.282 e. The lowest BCUT2D eigenvalue weighted by molar-refractivity contribution is 0.483. The summed E-state index contributed by atoms with van der Waals surface area (Å²) in [4.78, 5) is -0.212. The second-order valence-corrected chi connectivity index (χ2v) is 4.20. The van der Waals surface area contributed by atoms with Crippen LogP contribution < -0.4 is 0 Å². The summed E-state index contributed by atoms with van der Waals surface area (Å²) in [5.74, 6) is 0. The van der Waals surface area contributed by atoms with Crippen LogP contribution in [0.15, 0.2) is 35.2 Å². The predicted octanol–water partition coefficient (Wildman–Crippen LogP) is 1.69. The van der Waals surface area contributed by atoms with Crippen LogP contribution in [0.4, 0.5) is 0 Å². The molecular weight excluding hydrogens is 200 g/mol. The van der Waals surface area contributed by atoms with Crippen molar-refractivity contribution >= 4 is 20.9 Å². The third kappa shape index (κ3) is 1.62. The molecule has 14 heavy (non-hydrogen) atoms. The Hall–Kier alpha value is -1.39. The van der Waals surface area contributed by atoms with Crippen LogP contribution in [0, 0.1) is 12.1 Å². The second-order valence-electron chi connectivity index (χ2n) is 2.81. The van der Waals surface area contributed by atoms with Crippen LogP contribution in [0.2, 0.25) is 0 Å². The van der Waals surface area contributed by atoms with Gasteiger partial charge in [-0.15, -0.1) is 0 Å². The Kier molecular flexibility index (Phi) is 2.02. The molecule has 0 amide bonds. The second kappa shape index (κ2) is 3.08. The van der Waals surface area contributed by atoms with E-state index < -0.39 is 10.1 Å². The highest BCUT2D eigenvalue weighted by Gasteiger charge is 2.09. The Morgan fingerprint density at radius 2 is 2.00 bits per heavy atom. The first-order chi connectivity index (χ1) is 6.57. The molecule has 0 unspecified atom stereocenters. The van der Waals surface area contributed by atoms with E-state index >= 15 is 0 Å². The van der Waals surface area contributed by atoms with Gasteiger partial charge in [-0.25, -0.2) is 0 Å². The van der Waals surface area contributed by atoms with Crippen molar-refractivity contribution in [3.63, 3.8) is 0 Å². The van der Waals surface area contributed by atoms with E-state index in [-0.39, 0.29) is 4.90 Å². The number of fused-ring (bicyclic) bond motifs is 1. The average molecular weight is 206 g/mol. The summed E-state index contributed by atoms with van der Waals surface area (Å²) in [6.07, 6.45) is 0. The first-order valence-corrected chi connectivity index (χ1v) is 5.31. The molecule has 2 radical (unpaired) electrons. The summed E-state index contributed by atoms with van der Waals surface area (Å²) < 4.78 is 30.4. The topological polar surface area (TPSA) is 54.4 Å². The first-order valence-electron chi connectivity index (χ1n) is 3.87. The zero-order valence-corrected chi connectivity index (χ0v) is 7.88. The lowest BCUT2D eigenvalue weighted by atomic mass is 10.1. The van der Waals surface area contributed by atoms with Gasteiger partial charge in [0.15, 0.2) is 0 Å². The van der Waals surface area contributed by atoms with E-state index in [1.165, 1.54) is 6.07 Å². The number of hydrogen-bond acceptors (Lipinski definition) is 2. The van der Waals surface area contributed by atoms with Crippen LogP contribution in [-0.2, 0) is 10.1 Å². The van der Waals surface area contributed by atoms with Gasteiger partial charge >= 0.3 is 0 Å². The maximum Gasteiger partial charge on any atom is 0.295 e. The zero-order chi connectivity index (χ0) is 10.2. The average Bonchev–Trinajstić information content (AvgIpc) is 2.16.